The van der Waals surface area contributed by atoms with Crippen molar-refractivity contribution < 1.29 is 14.3 Å². The molecule has 0 aromatic heterocycles. The van der Waals surface area contributed by atoms with Crippen LogP contribution in [0.25, 0.3) is 0 Å². The van der Waals surface area contributed by atoms with Gasteiger partial charge in [0.2, 0.25) is 11.8 Å². The molecule has 5 nitrogen and oxygen atoms in total. The fourth-order valence-corrected chi connectivity index (χ4v) is 2.44. The van der Waals surface area contributed by atoms with Crippen LogP contribution in [0.15, 0.2) is 48.5 Å². The molecule has 2 aromatic carbocycles. The number of nitrogens with one attached hydrogen (secondary N) is 1. The van der Waals surface area contributed by atoms with E-state index in [9.17, 15) is 9.59 Å². The molecule has 0 unspecified atom stereocenters. The second-order valence-corrected chi connectivity index (χ2v) is 6.03. The number of hydrogen-bond acceptors (Lipinski definition) is 3. The molecule has 0 heterocycles. The topological polar surface area (TPSA) is 58.6 Å². The lowest BCUT2D eigenvalue weighted by Gasteiger charge is -2.20. The molecule has 6 heteroatoms. The SMILES string of the molecule is COc1ccc(CCN(CC(=O)Nc2ccc(Cl)cc2)C(C)=O)cc1. The van der Waals surface area contributed by atoms with Crippen molar-refractivity contribution in [3.8, 4) is 5.75 Å². The number of hydrogen-bond donors (Lipinski definition) is 1. The van der Waals surface area contributed by atoms with Crippen LogP contribution in [0.5, 0.6) is 5.75 Å². The van der Waals surface area contributed by atoms with E-state index < -0.39 is 0 Å². The number of rotatable bonds is 7. The smallest absolute Gasteiger partial charge is 0.243 e. The molecular weight excluding hydrogens is 340 g/mol. The molecule has 0 aliphatic heterocycles. The zero-order chi connectivity index (χ0) is 18.2. The van der Waals surface area contributed by atoms with E-state index in [0.717, 1.165) is 11.3 Å². The molecule has 132 valence electrons. The van der Waals surface area contributed by atoms with Crippen molar-refractivity contribution in [2.45, 2.75) is 13.3 Å². The van der Waals surface area contributed by atoms with Crippen LogP contribution in [0.1, 0.15) is 12.5 Å². The standard InChI is InChI=1S/C19H21ClN2O3/c1-14(23)22(12-11-15-3-9-18(25-2)10-4-15)13-19(24)21-17-7-5-16(20)6-8-17/h3-10H,11-13H2,1-2H3,(H,21,24). The second-order valence-electron chi connectivity index (χ2n) is 5.59. The van der Waals surface area contributed by atoms with Gasteiger partial charge < -0.3 is 15.0 Å². The highest BCUT2D eigenvalue weighted by Gasteiger charge is 2.14. The number of anilines is 1. The summed E-state index contributed by atoms with van der Waals surface area (Å²) in [7, 11) is 1.62. The number of benzene rings is 2. The van der Waals surface area contributed by atoms with Crippen molar-refractivity contribution >= 4 is 29.1 Å². The second kappa shape index (κ2) is 9.08. The summed E-state index contributed by atoms with van der Waals surface area (Å²) in [5.74, 6) is 0.404. The van der Waals surface area contributed by atoms with Crippen molar-refractivity contribution in [3.63, 3.8) is 0 Å². The van der Waals surface area contributed by atoms with Crippen LogP contribution >= 0.6 is 11.6 Å². The quantitative estimate of drug-likeness (QED) is 0.823. The molecule has 2 rings (SSSR count). The van der Waals surface area contributed by atoms with E-state index in [-0.39, 0.29) is 18.4 Å². The summed E-state index contributed by atoms with van der Waals surface area (Å²) in [5.41, 5.74) is 1.72. The summed E-state index contributed by atoms with van der Waals surface area (Å²) in [5, 5.41) is 3.36. The van der Waals surface area contributed by atoms with E-state index in [1.165, 1.54) is 11.8 Å². The van der Waals surface area contributed by atoms with Crippen molar-refractivity contribution in [2.24, 2.45) is 0 Å². The summed E-state index contributed by atoms with van der Waals surface area (Å²) in [6, 6.07) is 14.5. The lowest BCUT2D eigenvalue weighted by Crippen LogP contribution is -2.37. The molecule has 0 aliphatic carbocycles. The van der Waals surface area contributed by atoms with Gasteiger partial charge in [-0.05, 0) is 48.4 Å². The molecule has 0 radical (unpaired) electrons. The molecule has 0 saturated heterocycles. The maximum absolute atomic E-state index is 12.2. The Morgan fingerprint density at radius 3 is 2.28 bits per heavy atom. The van der Waals surface area contributed by atoms with Crippen molar-refractivity contribution in [2.75, 3.05) is 25.5 Å². The normalized spacial score (nSPS) is 10.2. The third-order valence-corrected chi connectivity index (χ3v) is 3.99. The number of amides is 2. The van der Waals surface area contributed by atoms with Crippen molar-refractivity contribution in [1.82, 2.24) is 4.90 Å². The third kappa shape index (κ3) is 6.12. The minimum atomic E-state index is -0.243. The predicted molar refractivity (Wildman–Crippen MR) is 99.0 cm³/mol. The lowest BCUT2D eigenvalue weighted by atomic mass is 10.1. The van der Waals surface area contributed by atoms with Crippen molar-refractivity contribution in [1.29, 1.82) is 0 Å². The Balaban J connectivity index is 1.89. The first kappa shape index (κ1) is 18.8. The average Bonchev–Trinajstić information content (AvgIpc) is 2.60. The molecule has 0 aliphatic rings. The maximum Gasteiger partial charge on any atom is 0.243 e. The molecule has 0 saturated carbocycles. The number of methoxy groups -OCH3 is 1. The zero-order valence-electron chi connectivity index (χ0n) is 14.3. The van der Waals surface area contributed by atoms with Crippen LogP contribution in [0.4, 0.5) is 5.69 Å². The molecule has 0 spiro atoms. The van der Waals surface area contributed by atoms with Gasteiger partial charge >= 0.3 is 0 Å². The van der Waals surface area contributed by atoms with Crippen LogP contribution in [0.2, 0.25) is 5.02 Å². The van der Waals surface area contributed by atoms with Gasteiger partial charge in [0.15, 0.2) is 0 Å². The largest absolute Gasteiger partial charge is 0.497 e. The Kier molecular flexibility index (Phi) is 6.83. The number of carbonyl (C=O) groups excluding carboxylic acids is 2. The third-order valence-electron chi connectivity index (χ3n) is 3.74. The summed E-state index contributed by atoms with van der Waals surface area (Å²) >= 11 is 5.82. The number of ether oxygens (including phenoxy) is 1. The monoisotopic (exact) mass is 360 g/mol. The average molecular weight is 361 g/mol. The van der Waals surface area contributed by atoms with Crippen LogP contribution in [-0.4, -0.2) is 36.9 Å². The fraction of sp³-hybridized carbons (Fsp3) is 0.263. The van der Waals surface area contributed by atoms with Gasteiger partial charge in [-0.3, -0.25) is 9.59 Å². The highest BCUT2D eigenvalue weighted by atomic mass is 35.5. The molecular formula is C19H21ClN2O3. The van der Waals surface area contributed by atoms with Crippen molar-refractivity contribution in [3.05, 3.63) is 59.1 Å². The molecule has 0 bridgehead atoms. The van der Waals surface area contributed by atoms with Gasteiger partial charge in [-0.2, -0.15) is 0 Å². The molecule has 1 N–H and O–H groups in total. The van der Waals surface area contributed by atoms with Crippen LogP contribution in [-0.2, 0) is 16.0 Å². The molecule has 2 amide bonds. The Hall–Kier alpha value is -2.53. The Bertz CT molecular complexity index is 714. The minimum absolute atomic E-state index is 0.00805. The molecule has 25 heavy (non-hydrogen) atoms. The Morgan fingerprint density at radius 1 is 1.08 bits per heavy atom. The van der Waals surface area contributed by atoms with E-state index >= 15 is 0 Å². The number of nitrogens with zero attached hydrogens (tertiary/aromatic N) is 1. The predicted octanol–water partition coefficient (Wildman–Crippen LogP) is 3.38. The molecule has 0 atom stereocenters. The highest BCUT2D eigenvalue weighted by Crippen LogP contribution is 2.14. The van der Waals surface area contributed by atoms with Crippen LogP contribution < -0.4 is 10.1 Å². The molecule has 0 fully saturated rings. The lowest BCUT2D eigenvalue weighted by molar-refractivity contribution is -0.132. The van der Waals surface area contributed by atoms with Gasteiger partial charge in [0.1, 0.15) is 5.75 Å². The van der Waals surface area contributed by atoms with Crippen LogP contribution in [0.3, 0.4) is 0 Å². The van der Waals surface area contributed by atoms with Gasteiger partial charge in [-0.25, -0.2) is 0 Å². The number of halogens is 1. The van der Waals surface area contributed by atoms with Gasteiger partial charge in [0.05, 0.1) is 13.7 Å². The van der Waals surface area contributed by atoms with E-state index in [1.54, 1.807) is 31.4 Å². The number of carbonyl (C=O) groups is 2. The van der Waals surface area contributed by atoms with E-state index in [1.807, 2.05) is 24.3 Å². The van der Waals surface area contributed by atoms with Gasteiger partial charge in [-0.15, -0.1) is 0 Å². The van der Waals surface area contributed by atoms with E-state index in [0.29, 0.717) is 23.7 Å². The highest BCUT2D eigenvalue weighted by molar-refractivity contribution is 6.30. The van der Waals surface area contributed by atoms with E-state index in [2.05, 4.69) is 5.32 Å². The maximum atomic E-state index is 12.2. The summed E-state index contributed by atoms with van der Waals surface area (Å²) in [6.07, 6.45) is 0.664. The zero-order valence-corrected chi connectivity index (χ0v) is 15.0. The first-order valence-corrected chi connectivity index (χ1v) is 8.29. The van der Waals surface area contributed by atoms with Gasteiger partial charge in [0.25, 0.3) is 0 Å². The van der Waals surface area contributed by atoms with Gasteiger partial charge in [-0.1, -0.05) is 23.7 Å². The first-order valence-electron chi connectivity index (χ1n) is 7.92. The van der Waals surface area contributed by atoms with E-state index in [4.69, 9.17) is 16.3 Å². The Morgan fingerprint density at radius 2 is 1.72 bits per heavy atom. The minimum Gasteiger partial charge on any atom is -0.497 e. The summed E-state index contributed by atoms with van der Waals surface area (Å²) < 4.78 is 5.12. The molecule has 2 aromatic rings. The fourth-order valence-electron chi connectivity index (χ4n) is 2.31. The summed E-state index contributed by atoms with van der Waals surface area (Å²) in [4.78, 5) is 25.5. The van der Waals surface area contributed by atoms with Gasteiger partial charge in [0, 0.05) is 24.2 Å². The van der Waals surface area contributed by atoms with Crippen LogP contribution in [0, 0.1) is 0 Å². The summed E-state index contributed by atoms with van der Waals surface area (Å²) in [6.45, 7) is 1.94. The first-order chi connectivity index (χ1) is 12.0. The Labute approximate surface area is 152 Å².